The van der Waals surface area contributed by atoms with Gasteiger partial charge in [-0.2, -0.15) is 4.57 Å². The molecule has 0 fully saturated rings. The largest absolute Gasteiger partial charge is 0.508 e. The van der Waals surface area contributed by atoms with Gasteiger partial charge in [-0.3, -0.25) is 0 Å². The number of para-hydroxylation sites is 2. The number of thioether (sulfide) groups is 1. The molecule has 3 aromatic carbocycles. The molecule has 0 saturated carbocycles. The Hall–Kier alpha value is -3.24. The molecule has 1 aliphatic heterocycles. The third-order valence-corrected chi connectivity index (χ3v) is 6.98. The Morgan fingerprint density at radius 3 is 2.43 bits per heavy atom. The van der Waals surface area contributed by atoms with Crippen molar-refractivity contribution in [1.82, 2.24) is 0 Å². The molecule has 148 valence electrons. The van der Waals surface area contributed by atoms with Crippen molar-refractivity contribution >= 4 is 33.9 Å². The Morgan fingerprint density at radius 2 is 1.63 bits per heavy atom. The average Bonchev–Trinajstić information content (AvgIpc) is 3.11. The van der Waals surface area contributed by atoms with E-state index in [0.717, 1.165) is 6.42 Å². The van der Waals surface area contributed by atoms with Gasteiger partial charge in [0.1, 0.15) is 12.8 Å². The Bertz CT molecular complexity index is 1280. The van der Waals surface area contributed by atoms with E-state index in [1.807, 2.05) is 23.9 Å². The molecular weight excluding hydrogens is 388 g/mol. The molecule has 0 aliphatic carbocycles. The highest BCUT2D eigenvalue weighted by Gasteiger charge is 2.29. The number of fused-ring (bicyclic) bond motifs is 2. The van der Waals surface area contributed by atoms with Gasteiger partial charge in [-0.1, -0.05) is 48.2 Å². The lowest BCUT2D eigenvalue weighted by Crippen LogP contribution is -2.35. The first-order valence-electron chi connectivity index (χ1n) is 10.0. The van der Waals surface area contributed by atoms with Crippen molar-refractivity contribution in [3.8, 4) is 5.75 Å². The quantitative estimate of drug-likeness (QED) is 0.450. The minimum Gasteiger partial charge on any atom is -0.508 e. The van der Waals surface area contributed by atoms with E-state index >= 15 is 0 Å². The second kappa shape index (κ2) is 7.54. The van der Waals surface area contributed by atoms with Crippen LogP contribution in [-0.2, 0) is 13.5 Å². The first kappa shape index (κ1) is 18.8. The van der Waals surface area contributed by atoms with Crippen LogP contribution in [-0.4, -0.2) is 12.2 Å². The van der Waals surface area contributed by atoms with Gasteiger partial charge in [0.2, 0.25) is 11.2 Å². The molecule has 5 rings (SSSR count). The van der Waals surface area contributed by atoms with Crippen LogP contribution in [0.15, 0.2) is 94.9 Å². The number of phenolic OH excluding ortho intramolecular Hbond substituents is 1. The van der Waals surface area contributed by atoms with E-state index in [-0.39, 0.29) is 0 Å². The molecule has 30 heavy (non-hydrogen) atoms. The van der Waals surface area contributed by atoms with Gasteiger partial charge in [-0.05, 0) is 42.0 Å². The molecule has 1 aromatic heterocycles. The summed E-state index contributed by atoms with van der Waals surface area (Å²) in [5, 5.41) is 12.2. The number of aromatic hydroxyl groups is 1. The molecule has 4 heteroatoms. The molecule has 0 atom stereocenters. The molecule has 0 unspecified atom stereocenters. The van der Waals surface area contributed by atoms with Crippen LogP contribution in [0.25, 0.3) is 16.5 Å². The lowest BCUT2D eigenvalue weighted by molar-refractivity contribution is -0.647. The van der Waals surface area contributed by atoms with Crippen molar-refractivity contribution in [2.24, 2.45) is 7.05 Å². The first-order valence-corrected chi connectivity index (χ1v) is 10.8. The van der Waals surface area contributed by atoms with Gasteiger partial charge in [0.05, 0.1) is 16.3 Å². The van der Waals surface area contributed by atoms with E-state index in [2.05, 4.69) is 84.2 Å². The van der Waals surface area contributed by atoms with E-state index in [0.29, 0.717) is 5.75 Å². The summed E-state index contributed by atoms with van der Waals surface area (Å²) in [6, 6.07) is 29.0. The summed E-state index contributed by atoms with van der Waals surface area (Å²) >= 11 is 1.83. The normalized spacial score (nSPS) is 14.8. The zero-order valence-corrected chi connectivity index (χ0v) is 17.9. The van der Waals surface area contributed by atoms with Crippen LogP contribution in [0.5, 0.6) is 5.75 Å². The van der Waals surface area contributed by atoms with Crippen LogP contribution >= 0.6 is 11.8 Å². The van der Waals surface area contributed by atoms with Gasteiger partial charge in [0.25, 0.3) is 0 Å². The van der Waals surface area contributed by atoms with Gasteiger partial charge in [0.15, 0.2) is 0 Å². The third-order valence-electron chi connectivity index (χ3n) is 5.70. The van der Waals surface area contributed by atoms with Crippen LogP contribution in [0.3, 0.4) is 0 Å². The minimum absolute atomic E-state index is 0.295. The number of benzene rings is 3. The molecule has 0 bridgehead atoms. The lowest BCUT2D eigenvalue weighted by atomic mass is 10.0. The molecule has 1 N–H and O–H groups in total. The molecule has 0 amide bonds. The molecule has 4 aromatic rings. The molecule has 1 aliphatic rings. The van der Waals surface area contributed by atoms with Gasteiger partial charge in [0, 0.05) is 35.9 Å². The molecular formula is C26H23N2OS+. The summed E-state index contributed by atoms with van der Waals surface area (Å²) in [5.74, 6) is 0.295. The smallest absolute Gasteiger partial charge is 0.212 e. The minimum atomic E-state index is 0.295. The molecule has 0 saturated heterocycles. The summed E-state index contributed by atoms with van der Waals surface area (Å²) in [6.07, 6.45) is 0.785. The number of rotatable bonds is 3. The predicted octanol–water partition coefficient (Wildman–Crippen LogP) is 5.52. The topological polar surface area (TPSA) is 27.3 Å². The standard InChI is InChI=1S/C26H22N2OS/c1-27-22-8-4-3-7-19(22)13-16-23(27)21(17-18-11-14-20(29)15-12-18)26-28(2)24-9-5-6-10-25(24)30-26/h3-16H,17H2,1-2H3/p+1. The van der Waals surface area contributed by atoms with E-state index < -0.39 is 0 Å². The van der Waals surface area contributed by atoms with Gasteiger partial charge < -0.3 is 10.0 Å². The number of phenols is 1. The highest BCUT2D eigenvalue weighted by Crippen LogP contribution is 2.48. The molecule has 3 nitrogen and oxygen atoms in total. The number of hydrogen-bond donors (Lipinski definition) is 1. The van der Waals surface area contributed by atoms with Crippen LogP contribution < -0.4 is 9.47 Å². The average molecular weight is 412 g/mol. The number of allylic oxidation sites excluding steroid dienone is 1. The Balaban J connectivity index is 1.70. The molecule has 0 radical (unpaired) electrons. The van der Waals surface area contributed by atoms with Gasteiger partial charge in [-0.15, -0.1) is 0 Å². The number of aryl methyl sites for hydroxylation is 1. The SMILES string of the molecule is CN1C(=C(Cc2ccc(O)cc2)c2ccc3ccccc3[n+]2C)Sc2ccccc21. The molecule has 0 spiro atoms. The van der Waals surface area contributed by atoms with Crippen molar-refractivity contribution in [2.45, 2.75) is 11.3 Å². The number of hydrogen-bond acceptors (Lipinski definition) is 3. The van der Waals surface area contributed by atoms with Crippen LogP contribution in [0.2, 0.25) is 0 Å². The maximum absolute atomic E-state index is 9.71. The zero-order chi connectivity index (χ0) is 20.7. The van der Waals surface area contributed by atoms with Crippen LogP contribution in [0, 0.1) is 0 Å². The fourth-order valence-electron chi connectivity index (χ4n) is 4.11. The fourth-order valence-corrected chi connectivity index (χ4v) is 5.31. The van der Waals surface area contributed by atoms with Crippen molar-refractivity contribution in [3.05, 3.63) is 101 Å². The van der Waals surface area contributed by atoms with Crippen molar-refractivity contribution in [3.63, 3.8) is 0 Å². The Kier molecular flexibility index (Phi) is 4.72. The maximum atomic E-state index is 9.71. The van der Waals surface area contributed by atoms with E-state index in [4.69, 9.17) is 0 Å². The number of aromatic nitrogens is 1. The second-order valence-corrected chi connectivity index (χ2v) is 8.62. The Morgan fingerprint density at radius 1 is 0.900 bits per heavy atom. The second-order valence-electron chi connectivity index (χ2n) is 7.59. The summed E-state index contributed by atoms with van der Waals surface area (Å²) in [5.41, 5.74) is 6.10. The zero-order valence-electron chi connectivity index (χ0n) is 17.0. The summed E-state index contributed by atoms with van der Waals surface area (Å²) in [6.45, 7) is 0. The Labute approximate surface area is 180 Å². The summed E-state index contributed by atoms with van der Waals surface area (Å²) in [4.78, 5) is 3.58. The third kappa shape index (κ3) is 3.23. The maximum Gasteiger partial charge on any atom is 0.212 e. The number of anilines is 1. The lowest BCUT2D eigenvalue weighted by Gasteiger charge is -2.18. The predicted molar refractivity (Wildman–Crippen MR) is 125 cm³/mol. The highest BCUT2D eigenvalue weighted by molar-refractivity contribution is 8.04. The van der Waals surface area contributed by atoms with Crippen LogP contribution in [0.1, 0.15) is 11.3 Å². The van der Waals surface area contributed by atoms with Crippen molar-refractivity contribution < 1.29 is 9.67 Å². The van der Waals surface area contributed by atoms with Gasteiger partial charge in [-0.25, -0.2) is 0 Å². The van der Waals surface area contributed by atoms with Crippen molar-refractivity contribution in [1.29, 1.82) is 0 Å². The van der Waals surface area contributed by atoms with E-state index in [1.54, 1.807) is 12.1 Å². The number of pyridine rings is 1. The van der Waals surface area contributed by atoms with Crippen molar-refractivity contribution in [2.75, 3.05) is 11.9 Å². The summed E-state index contributed by atoms with van der Waals surface area (Å²) < 4.78 is 2.29. The van der Waals surface area contributed by atoms with E-state index in [9.17, 15) is 5.11 Å². The fraction of sp³-hybridized carbons (Fsp3) is 0.115. The highest BCUT2D eigenvalue weighted by atomic mass is 32.2. The number of nitrogens with zero attached hydrogens (tertiary/aromatic N) is 2. The first-order chi connectivity index (χ1) is 14.6. The summed E-state index contributed by atoms with van der Waals surface area (Å²) in [7, 11) is 4.29. The van der Waals surface area contributed by atoms with Crippen LogP contribution in [0.4, 0.5) is 5.69 Å². The molecule has 2 heterocycles. The van der Waals surface area contributed by atoms with Gasteiger partial charge >= 0.3 is 0 Å². The monoisotopic (exact) mass is 411 g/mol. The van der Waals surface area contributed by atoms with E-state index in [1.165, 1.54) is 43.3 Å².